The molecule has 0 aromatic carbocycles. The molecule has 0 unspecified atom stereocenters. The number of ether oxygens (including phenoxy) is 1. The zero-order valence-corrected chi connectivity index (χ0v) is 7.80. The fourth-order valence-corrected chi connectivity index (χ4v) is 0.726. The second-order valence-electron chi connectivity index (χ2n) is 2.84. The van der Waals surface area contributed by atoms with Crippen molar-refractivity contribution in [3.8, 4) is 0 Å². The van der Waals surface area contributed by atoms with Gasteiger partial charge in [-0.3, -0.25) is 4.79 Å². The van der Waals surface area contributed by atoms with E-state index in [1.54, 1.807) is 6.08 Å². The molecule has 0 spiro atoms. The lowest BCUT2D eigenvalue weighted by Gasteiger charge is -2.07. The van der Waals surface area contributed by atoms with Crippen molar-refractivity contribution in [2.24, 2.45) is 0 Å². The minimum absolute atomic E-state index is 0.0362. The topological polar surface area (TPSA) is 38.3 Å². The molecule has 0 aliphatic rings. The first-order valence-corrected chi connectivity index (χ1v) is 4.14. The zero-order chi connectivity index (χ0) is 9.40. The first-order valence-electron chi connectivity index (χ1n) is 4.14. The van der Waals surface area contributed by atoms with Crippen molar-refractivity contribution in [3.05, 3.63) is 12.7 Å². The molecule has 70 valence electrons. The Balaban J connectivity index is 3.25. The zero-order valence-electron chi connectivity index (χ0n) is 7.80. The largest absolute Gasteiger partial charge is 0.377 e. The Morgan fingerprint density at radius 2 is 2.33 bits per heavy atom. The van der Waals surface area contributed by atoms with E-state index in [1.807, 2.05) is 13.8 Å². The van der Waals surface area contributed by atoms with Gasteiger partial charge in [0.2, 0.25) is 5.91 Å². The number of nitrogens with one attached hydrogen (secondary N) is 1. The van der Waals surface area contributed by atoms with Gasteiger partial charge in [-0.05, 0) is 13.8 Å². The lowest BCUT2D eigenvalue weighted by atomic mass is 10.3. The van der Waals surface area contributed by atoms with Crippen molar-refractivity contribution >= 4 is 5.91 Å². The number of hydrogen-bond donors (Lipinski definition) is 1. The van der Waals surface area contributed by atoms with E-state index in [4.69, 9.17) is 4.74 Å². The Labute approximate surface area is 73.8 Å². The van der Waals surface area contributed by atoms with Gasteiger partial charge in [0, 0.05) is 12.5 Å². The van der Waals surface area contributed by atoms with Crippen LogP contribution >= 0.6 is 0 Å². The van der Waals surface area contributed by atoms with Crippen LogP contribution in [0.5, 0.6) is 0 Å². The number of carbonyl (C=O) groups excluding carboxylic acids is 1. The molecule has 12 heavy (non-hydrogen) atoms. The Hall–Kier alpha value is -0.830. The molecule has 0 atom stereocenters. The maximum atomic E-state index is 11.0. The molecule has 0 bridgehead atoms. The average Bonchev–Trinajstić information content (AvgIpc) is 1.97. The summed E-state index contributed by atoms with van der Waals surface area (Å²) in [6.07, 6.45) is 2.09. The fraction of sp³-hybridized carbons (Fsp3) is 0.667. The van der Waals surface area contributed by atoms with E-state index in [1.165, 1.54) is 0 Å². The van der Waals surface area contributed by atoms with Crippen molar-refractivity contribution < 1.29 is 9.53 Å². The number of carbonyl (C=O) groups is 1. The Morgan fingerprint density at radius 1 is 1.67 bits per heavy atom. The summed E-state index contributed by atoms with van der Waals surface area (Å²) < 4.78 is 5.06. The summed E-state index contributed by atoms with van der Waals surface area (Å²) in [6, 6.07) is 0.205. The predicted octanol–water partition coefficient (Wildman–Crippen LogP) is 1.10. The van der Waals surface area contributed by atoms with Gasteiger partial charge < -0.3 is 10.1 Å². The first kappa shape index (κ1) is 11.2. The van der Waals surface area contributed by atoms with Crippen LogP contribution in [0.3, 0.4) is 0 Å². The van der Waals surface area contributed by atoms with Gasteiger partial charge in [0.25, 0.3) is 0 Å². The van der Waals surface area contributed by atoms with E-state index >= 15 is 0 Å². The van der Waals surface area contributed by atoms with E-state index in [0.717, 1.165) is 0 Å². The van der Waals surface area contributed by atoms with Crippen molar-refractivity contribution in [2.75, 3.05) is 13.2 Å². The van der Waals surface area contributed by atoms with Gasteiger partial charge >= 0.3 is 0 Å². The smallest absolute Gasteiger partial charge is 0.222 e. The maximum absolute atomic E-state index is 11.0. The quantitative estimate of drug-likeness (QED) is 0.480. The SMILES string of the molecule is C=CCOCCC(=O)NC(C)C. The highest BCUT2D eigenvalue weighted by atomic mass is 16.5. The highest BCUT2D eigenvalue weighted by Crippen LogP contribution is 1.85. The van der Waals surface area contributed by atoms with Crippen LogP contribution in [-0.2, 0) is 9.53 Å². The van der Waals surface area contributed by atoms with E-state index in [0.29, 0.717) is 19.6 Å². The standard InChI is InChI=1S/C9H17NO2/c1-4-6-12-7-5-9(11)10-8(2)3/h4,8H,1,5-7H2,2-3H3,(H,10,11). The van der Waals surface area contributed by atoms with Gasteiger partial charge in [-0.1, -0.05) is 6.08 Å². The third kappa shape index (κ3) is 7.28. The van der Waals surface area contributed by atoms with E-state index in [2.05, 4.69) is 11.9 Å². The number of amides is 1. The second-order valence-corrected chi connectivity index (χ2v) is 2.84. The minimum atomic E-state index is 0.0362. The molecule has 3 nitrogen and oxygen atoms in total. The van der Waals surface area contributed by atoms with E-state index < -0.39 is 0 Å². The Morgan fingerprint density at radius 3 is 2.83 bits per heavy atom. The van der Waals surface area contributed by atoms with Gasteiger partial charge in [-0.25, -0.2) is 0 Å². The summed E-state index contributed by atoms with van der Waals surface area (Å²) >= 11 is 0. The van der Waals surface area contributed by atoms with Crippen LogP contribution in [0.1, 0.15) is 20.3 Å². The predicted molar refractivity (Wildman–Crippen MR) is 48.9 cm³/mol. The maximum Gasteiger partial charge on any atom is 0.222 e. The summed E-state index contributed by atoms with van der Waals surface area (Å²) in [5.41, 5.74) is 0. The van der Waals surface area contributed by atoms with Gasteiger partial charge in [-0.15, -0.1) is 6.58 Å². The molecular weight excluding hydrogens is 154 g/mol. The molecule has 0 aliphatic heterocycles. The van der Waals surface area contributed by atoms with Crippen LogP contribution in [-0.4, -0.2) is 25.2 Å². The lowest BCUT2D eigenvalue weighted by Crippen LogP contribution is -2.30. The summed E-state index contributed by atoms with van der Waals surface area (Å²) in [5.74, 6) is 0.0362. The van der Waals surface area contributed by atoms with Crippen molar-refractivity contribution in [1.29, 1.82) is 0 Å². The highest BCUT2D eigenvalue weighted by Gasteiger charge is 2.01. The van der Waals surface area contributed by atoms with Crippen LogP contribution in [0.15, 0.2) is 12.7 Å². The van der Waals surface area contributed by atoms with Crippen LogP contribution in [0, 0.1) is 0 Å². The van der Waals surface area contributed by atoms with Gasteiger partial charge in [0.15, 0.2) is 0 Å². The molecular formula is C9H17NO2. The molecule has 3 heteroatoms. The van der Waals surface area contributed by atoms with Crippen molar-refractivity contribution in [2.45, 2.75) is 26.3 Å². The summed E-state index contributed by atoms with van der Waals surface area (Å²) in [4.78, 5) is 11.0. The molecule has 0 aromatic heterocycles. The van der Waals surface area contributed by atoms with Crippen molar-refractivity contribution in [3.63, 3.8) is 0 Å². The third-order valence-corrected chi connectivity index (χ3v) is 1.16. The number of rotatable bonds is 6. The minimum Gasteiger partial charge on any atom is -0.377 e. The highest BCUT2D eigenvalue weighted by molar-refractivity contribution is 5.76. The molecule has 0 fully saturated rings. The van der Waals surface area contributed by atoms with E-state index in [-0.39, 0.29) is 11.9 Å². The first-order chi connectivity index (χ1) is 5.66. The van der Waals surface area contributed by atoms with Gasteiger partial charge in [0.1, 0.15) is 0 Å². The molecule has 0 saturated carbocycles. The molecule has 1 N–H and O–H groups in total. The molecule has 0 rings (SSSR count). The van der Waals surface area contributed by atoms with Gasteiger partial charge in [-0.2, -0.15) is 0 Å². The molecule has 0 saturated heterocycles. The van der Waals surface area contributed by atoms with Crippen LogP contribution in [0.25, 0.3) is 0 Å². The summed E-state index contributed by atoms with van der Waals surface area (Å²) in [7, 11) is 0. The number of hydrogen-bond acceptors (Lipinski definition) is 2. The lowest BCUT2D eigenvalue weighted by molar-refractivity contribution is -0.122. The molecule has 0 radical (unpaired) electrons. The normalized spacial score (nSPS) is 9.92. The monoisotopic (exact) mass is 171 g/mol. The summed E-state index contributed by atoms with van der Waals surface area (Å²) in [6.45, 7) is 8.34. The fourth-order valence-electron chi connectivity index (χ4n) is 0.726. The molecule has 0 heterocycles. The Kier molecular flexibility index (Phi) is 6.38. The second kappa shape index (κ2) is 6.85. The van der Waals surface area contributed by atoms with Crippen LogP contribution in [0.2, 0.25) is 0 Å². The van der Waals surface area contributed by atoms with Gasteiger partial charge in [0.05, 0.1) is 13.2 Å². The average molecular weight is 171 g/mol. The van der Waals surface area contributed by atoms with Crippen LogP contribution in [0.4, 0.5) is 0 Å². The molecule has 0 aromatic rings. The Bertz CT molecular complexity index is 143. The van der Waals surface area contributed by atoms with Crippen LogP contribution < -0.4 is 5.32 Å². The molecule has 1 amide bonds. The summed E-state index contributed by atoms with van der Waals surface area (Å²) in [5, 5.41) is 2.77. The van der Waals surface area contributed by atoms with E-state index in [9.17, 15) is 4.79 Å². The van der Waals surface area contributed by atoms with Crippen molar-refractivity contribution in [1.82, 2.24) is 5.32 Å². The third-order valence-electron chi connectivity index (χ3n) is 1.16. The molecule has 0 aliphatic carbocycles.